The van der Waals surface area contributed by atoms with Crippen molar-refractivity contribution in [1.29, 1.82) is 0 Å². The molecule has 0 radical (unpaired) electrons. The molecule has 112 valence electrons. The molecule has 21 heavy (non-hydrogen) atoms. The molecule has 1 N–H and O–H groups in total. The Morgan fingerprint density at radius 1 is 1.10 bits per heavy atom. The van der Waals surface area contributed by atoms with E-state index in [-0.39, 0.29) is 6.04 Å². The molecule has 0 bridgehead atoms. The summed E-state index contributed by atoms with van der Waals surface area (Å²) in [5.74, 6) is 0. The van der Waals surface area contributed by atoms with E-state index in [0.717, 1.165) is 20.1 Å². The van der Waals surface area contributed by atoms with E-state index in [4.69, 9.17) is 0 Å². The van der Waals surface area contributed by atoms with Crippen LogP contribution in [0.15, 0.2) is 56.3 Å². The Labute approximate surface area is 141 Å². The molecule has 1 unspecified atom stereocenters. The van der Waals surface area contributed by atoms with E-state index in [0.29, 0.717) is 4.90 Å². The van der Waals surface area contributed by atoms with Gasteiger partial charge in [0.15, 0.2) is 9.84 Å². The summed E-state index contributed by atoms with van der Waals surface area (Å²) in [6, 6.07) is 12.8. The molecule has 0 fully saturated rings. The van der Waals surface area contributed by atoms with Gasteiger partial charge in [-0.3, -0.25) is 0 Å². The summed E-state index contributed by atoms with van der Waals surface area (Å²) in [5, 5.41) is 3.24. The molecule has 1 atom stereocenters. The SMILES string of the molecule is CNC(c1cccc(S(C)(=O)=O)c1)c1cc(Br)ccc1Br. The van der Waals surface area contributed by atoms with Crippen molar-refractivity contribution in [3.05, 3.63) is 62.5 Å². The lowest BCUT2D eigenvalue weighted by Crippen LogP contribution is -2.18. The van der Waals surface area contributed by atoms with Crippen molar-refractivity contribution < 1.29 is 8.42 Å². The molecule has 0 saturated heterocycles. The summed E-state index contributed by atoms with van der Waals surface area (Å²) in [6.45, 7) is 0. The fraction of sp³-hybridized carbons (Fsp3) is 0.200. The second kappa shape index (κ2) is 6.60. The number of hydrogen-bond donors (Lipinski definition) is 1. The minimum Gasteiger partial charge on any atom is -0.309 e. The lowest BCUT2D eigenvalue weighted by molar-refractivity contribution is 0.601. The minimum absolute atomic E-state index is 0.0985. The van der Waals surface area contributed by atoms with Crippen molar-refractivity contribution >= 4 is 41.7 Å². The Balaban J connectivity index is 2.54. The van der Waals surface area contributed by atoms with Gasteiger partial charge in [0, 0.05) is 15.2 Å². The third kappa shape index (κ3) is 3.94. The zero-order chi connectivity index (χ0) is 15.6. The van der Waals surface area contributed by atoms with Gasteiger partial charge in [0.25, 0.3) is 0 Å². The smallest absolute Gasteiger partial charge is 0.175 e. The number of hydrogen-bond acceptors (Lipinski definition) is 3. The van der Waals surface area contributed by atoms with Crippen LogP contribution in [0.2, 0.25) is 0 Å². The molecule has 0 saturated carbocycles. The molecule has 3 nitrogen and oxygen atoms in total. The largest absolute Gasteiger partial charge is 0.309 e. The van der Waals surface area contributed by atoms with E-state index in [1.54, 1.807) is 18.2 Å². The van der Waals surface area contributed by atoms with Gasteiger partial charge in [-0.1, -0.05) is 44.0 Å². The number of nitrogens with one attached hydrogen (secondary N) is 1. The van der Waals surface area contributed by atoms with Crippen molar-refractivity contribution in [2.24, 2.45) is 0 Å². The molecule has 0 aliphatic carbocycles. The van der Waals surface area contributed by atoms with E-state index in [1.165, 1.54) is 6.26 Å². The maximum Gasteiger partial charge on any atom is 0.175 e. The fourth-order valence-corrected chi connectivity index (χ4v) is 3.69. The van der Waals surface area contributed by atoms with Gasteiger partial charge >= 0.3 is 0 Å². The number of rotatable bonds is 4. The van der Waals surface area contributed by atoms with E-state index < -0.39 is 9.84 Å². The van der Waals surface area contributed by atoms with Gasteiger partial charge in [-0.25, -0.2) is 8.42 Å². The highest BCUT2D eigenvalue weighted by Crippen LogP contribution is 2.31. The number of benzene rings is 2. The highest BCUT2D eigenvalue weighted by molar-refractivity contribution is 9.11. The molecule has 0 amide bonds. The summed E-state index contributed by atoms with van der Waals surface area (Å²) in [4.78, 5) is 0.325. The molecular weight excluding hydrogens is 418 g/mol. The summed E-state index contributed by atoms with van der Waals surface area (Å²) >= 11 is 7.02. The molecule has 0 spiro atoms. The van der Waals surface area contributed by atoms with Crippen molar-refractivity contribution in [3.63, 3.8) is 0 Å². The van der Waals surface area contributed by atoms with Crippen LogP contribution in [0.3, 0.4) is 0 Å². The van der Waals surface area contributed by atoms with Crippen LogP contribution in [0.1, 0.15) is 17.2 Å². The maximum absolute atomic E-state index is 11.7. The number of halogens is 2. The lowest BCUT2D eigenvalue weighted by Gasteiger charge is -2.19. The Kier molecular flexibility index (Phi) is 5.24. The monoisotopic (exact) mass is 431 g/mol. The van der Waals surface area contributed by atoms with Gasteiger partial charge in [0.05, 0.1) is 10.9 Å². The molecule has 2 rings (SSSR count). The van der Waals surface area contributed by atoms with Crippen molar-refractivity contribution in [2.45, 2.75) is 10.9 Å². The van der Waals surface area contributed by atoms with Gasteiger partial charge in [-0.2, -0.15) is 0 Å². The first-order valence-corrected chi connectivity index (χ1v) is 9.73. The van der Waals surface area contributed by atoms with E-state index >= 15 is 0 Å². The predicted octanol–water partition coefficient (Wildman–Crippen LogP) is 3.92. The van der Waals surface area contributed by atoms with Crippen LogP contribution in [0.4, 0.5) is 0 Å². The maximum atomic E-state index is 11.7. The quantitative estimate of drug-likeness (QED) is 0.796. The van der Waals surface area contributed by atoms with Gasteiger partial charge in [-0.15, -0.1) is 0 Å². The summed E-state index contributed by atoms with van der Waals surface area (Å²) in [7, 11) is -1.36. The predicted molar refractivity (Wildman–Crippen MR) is 92.3 cm³/mol. The van der Waals surface area contributed by atoms with Gasteiger partial charge < -0.3 is 5.32 Å². The minimum atomic E-state index is -3.22. The molecule has 0 aliphatic rings. The molecule has 6 heteroatoms. The molecule has 0 aromatic heterocycles. The molecular formula is C15H15Br2NO2S. The molecule has 2 aromatic rings. The third-order valence-corrected chi connectivity index (χ3v) is 5.50. The summed E-state index contributed by atoms with van der Waals surface area (Å²) in [6.07, 6.45) is 1.22. The molecule has 0 aliphatic heterocycles. The first-order chi connectivity index (χ1) is 9.82. The summed E-state index contributed by atoms with van der Waals surface area (Å²) < 4.78 is 25.4. The summed E-state index contributed by atoms with van der Waals surface area (Å²) in [5.41, 5.74) is 1.94. The van der Waals surface area contributed by atoms with Crippen LogP contribution in [-0.4, -0.2) is 21.7 Å². The standard InChI is InChI=1S/C15H15Br2NO2S/c1-18-15(13-9-11(16)6-7-14(13)17)10-4-3-5-12(8-10)21(2,19)20/h3-9,15,18H,1-2H3. The Hall–Kier alpha value is -0.690. The molecule has 2 aromatic carbocycles. The van der Waals surface area contributed by atoms with E-state index in [2.05, 4.69) is 37.2 Å². The second-order valence-electron chi connectivity index (χ2n) is 4.73. The van der Waals surface area contributed by atoms with Crippen molar-refractivity contribution in [1.82, 2.24) is 5.32 Å². The molecule has 0 heterocycles. The van der Waals surface area contributed by atoms with Gasteiger partial charge in [0.1, 0.15) is 0 Å². The van der Waals surface area contributed by atoms with E-state index in [9.17, 15) is 8.42 Å². The average molecular weight is 433 g/mol. The lowest BCUT2D eigenvalue weighted by atomic mass is 9.99. The second-order valence-corrected chi connectivity index (χ2v) is 8.52. The van der Waals surface area contributed by atoms with Crippen LogP contribution in [0.25, 0.3) is 0 Å². The first-order valence-electron chi connectivity index (χ1n) is 6.25. The van der Waals surface area contributed by atoms with Crippen LogP contribution >= 0.6 is 31.9 Å². The van der Waals surface area contributed by atoms with Crippen molar-refractivity contribution in [2.75, 3.05) is 13.3 Å². The van der Waals surface area contributed by atoms with Crippen LogP contribution in [0.5, 0.6) is 0 Å². The van der Waals surface area contributed by atoms with Crippen molar-refractivity contribution in [3.8, 4) is 0 Å². The fourth-order valence-electron chi connectivity index (χ4n) is 2.16. The Morgan fingerprint density at radius 3 is 2.43 bits per heavy atom. The Morgan fingerprint density at radius 2 is 1.81 bits per heavy atom. The third-order valence-electron chi connectivity index (χ3n) is 3.18. The highest BCUT2D eigenvalue weighted by atomic mass is 79.9. The topological polar surface area (TPSA) is 46.2 Å². The zero-order valence-electron chi connectivity index (χ0n) is 11.6. The highest BCUT2D eigenvalue weighted by Gasteiger charge is 2.17. The van der Waals surface area contributed by atoms with Crippen LogP contribution in [0, 0.1) is 0 Å². The van der Waals surface area contributed by atoms with Crippen LogP contribution < -0.4 is 5.32 Å². The first kappa shape index (κ1) is 16.7. The normalized spacial score (nSPS) is 13.1. The zero-order valence-corrected chi connectivity index (χ0v) is 15.6. The van der Waals surface area contributed by atoms with Crippen LogP contribution in [-0.2, 0) is 9.84 Å². The van der Waals surface area contributed by atoms with E-state index in [1.807, 2.05) is 31.3 Å². The van der Waals surface area contributed by atoms with Gasteiger partial charge in [-0.05, 0) is 48.5 Å². The Bertz CT molecular complexity index is 760. The number of sulfone groups is 1. The average Bonchev–Trinajstić information content (AvgIpc) is 2.43. The van der Waals surface area contributed by atoms with Gasteiger partial charge in [0.2, 0.25) is 0 Å².